The summed E-state index contributed by atoms with van der Waals surface area (Å²) in [6.45, 7) is 2.58. The van der Waals surface area contributed by atoms with E-state index in [-0.39, 0.29) is 10.8 Å². The maximum atomic E-state index is 12.5. The summed E-state index contributed by atoms with van der Waals surface area (Å²) in [5.41, 5.74) is 2.16. The van der Waals surface area contributed by atoms with E-state index >= 15 is 0 Å². The van der Waals surface area contributed by atoms with Crippen LogP contribution in [-0.2, 0) is 14.8 Å². The normalized spacial score (nSPS) is 14.9. The van der Waals surface area contributed by atoms with Crippen molar-refractivity contribution < 1.29 is 13.2 Å². The molecule has 0 saturated carbocycles. The fourth-order valence-corrected chi connectivity index (χ4v) is 4.85. The predicted molar refractivity (Wildman–Crippen MR) is 97.7 cm³/mol. The molecule has 5 nitrogen and oxygen atoms in total. The Morgan fingerprint density at radius 1 is 1.17 bits per heavy atom. The highest BCUT2D eigenvalue weighted by atomic mass is 79.9. The summed E-state index contributed by atoms with van der Waals surface area (Å²) in [7, 11) is -3.68. The van der Waals surface area contributed by atoms with Crippen molar-refractivity contribution in [2.24, 2.45) is 0 Å². The topological polar surface area (TPSA) is 66.5 Å². The zero-order chi connectivity index (χ0) is 17.3. The molecular weight excluding hydrogens is 392 g/mol. The van der Waals surface area contributed by atoms with Gasteiger partial charge in [-0.2, -0.15) is 0 Å². The molecule has 0 aromatic heterocycles. The van der Waals surface area contributed by atoms with Crippen molar-refractivity contribution >= 4 is 43.2 Å². The van der Waals surface area contributed by atoms with Gasteiger partial charge in [-0.3, -0.25) is 9.52 Å². The summed E-state index contributed by atoms with van der Waals surface area (Å²) in [6, 6.07) is 11.9. The van der Waals surface area contributed by atoms with E-state index in [4.69, 9.17) is 0 Å². The number of hydrogen-bond donors (Lipinski definition) is 1. The molecule has 1 aliphatic rings. The summed E-state index contributed by atoms with van der Waals surface area (Å²) >= 11 is 3.26. The van der Waals surface area contributed by atoms with E-state index in [2.05, 4.69) is 20.7 Å². The summed E-state index contributed by atoms with van der Waals surface area (Å²) in [6.07, 6.45) is 1.42. The van der Waals surface area contributed by atoms with Gasteiger partial charge < -0.3 is 4.90 Å². The number of rotatable bonds is 4. The summed E-state index contributed by atoms with van der Waals surface area (Å²) in [5.74, 6) is 0.111. The van der Waals surface area contributed by atoms with Crippen molar-refractivity contribution in [1.82, 2.24) is 0 Å². The van der Waals surface area contributed by atoms with Crippen LogP contribution in [0.2, 0.25) is 0 Å². The number of nitrogens with one attached hydrogen (secondary N) is 1. The molecule has 1 fully saturated rings. The molecule has 0 bridgehead atoms. The van der Waals surface area contributed by atoms with Crippen LogP contribution in [0.4, 0.5) is 11.4 Å². The second-order valence-corrected chi connectivity index (χ2v) is 8.19. The van der Waals surface area contributed by atoms with Crippen molar-refractivity contribution in [3.8, 4) is 0 Å². The van der Waals surface area contributed by atoms with Crippen molar-refractivity contribution in [3.63, 3.8) is 0 Å². The minimum Gasteiger partial charge on any atom is -0.312 e. The second kappa shape index (κ2) is 6.57. The first-order valence-electron chi connectivity index (χ1n) is 7.57. The van der Waals surface area contributed by atoms with Crippen LogP contribution in [0.15, 0.2) is 51.8 Å². The second-order valence-electron chi connectivity index (χ2n) is 5.69. The molecule has 0 atom stereocenters. The lowest BCUT2D eigenvalue weighted by molar-refractivity contribution is -0.117. The molecule has 2 aromatic carbocycles. The minimum atomic E-state index is -3.68. The highest BCUT2D eigenvalue weighted by Gasteiger charge is 2.23. The summed E-state index contributed by atoms with van der Waals surface area (Å²) in [4.78, 5) is 13.8. The van der Waals surface area contributed by atoms with E-state index in [1.54, 1.807) is 41.3 Å². The Hall–Kier alpha value is -1.86. The van der Waals surface area contributed by atoms with Gasteiger partial charge in [0, 0.05) is 28.8 Å². The largest absolute Gasteiger partial charge is 0.312 e. The Balaban J connectivity index is 1.87. The van der Waals surface area contributed by atoms with E-state index in [1.165, 1.54) is 6.07 Å². The lowest BCUT2D eigenvalue weighted by Crippen LogP contribution is -2.24. The van der Waals surface area contributed by atoms with Crippen LogP contribution in [0, 0.1) is 6.92 Å². The Kier molecular flexibility index (Phi) is 4.64. The smallest absolute Gasteiger partial charge is 0.263 e. The van der Waals surface area contributed by atoms with Gasteiger partial charge in [0.1, 0.15) is 4.90 Å². The number of hydrogen-bond acceptors (Lipinski definition) is 3. The Morgan fingerprint density at radius 2 is 1.92 bits per heavy atom. The molecule has 1 amide bonds. The van der Waals surface area contributed by atoms with Gasteiger partial charge in [0.25, 0.3) is 10.0 Å². The fraction of sp³-hybridized carbons (Fsp3) is 0.235. The van der Waals surface area contributed by atoms with Crippen LogP contribution in [0.1, 0.15) is 18.4 Å². The molecule has 1 saturated heterocycles. The molecule has 24 heavy (non-hydrogen) atoms. The lowest BCUT2D eigenvalue weighted by atomic mass is 10.1. The maximum Gasteiger partial charge on any atom is 0.263 e. The number of halogens is 1. The third kappa shape index (κ3) is 3.32. The number of carbonyl (C=O) groups excluding carboxylic acids is 1. The first-order chi connectivity index (χ1) is 11.4. The number of nitrogens with zero attached hydrogens (tertiary/aromatic N) is 1. The van der Waals surface area contributed by atoms with E-state index in [0.29, 0.717) is 23.1 Å². The number of carbonyl (C=O) groups is 1. The lowest BCUT2D eigenvalue weighted by Gasteiger charge is -2.19. The van der Waals surface area contributed by atoms with Crippen molar-refractivity contribution in [2.45, 2.75) is 24.7 Å². The fourth-order valence-electron chi connectivity index (χ4n) is 2.80. The molecule has 7 heteroatoms. The third-order valence-corrected chi connectivity index (χ3v) is 6.33. The number of sulfonamides is 1. The monoisotopic (exact) mass is 408 g/mol. The number of amides is 1. The van der Waals surface area contributed by atoms with E-state index in [9.17, 15) is 13.2 Å². The molecule has 0 unspecified atom stereocenters. The molecule has 126 valence electrons. The van der Waals surface area contributed by atoms with E-state index in [0.717, 1.165) is 17.7 Å². The summed E-state index contributed by atoms with van der Waals surface area (Å²) in [5, 5.41) is 0. The van der Waals surface area contributed by atoms with Gasteiger partial charge in [-0.1, -0.05) is 12.1 Å². The highest BCUT2D eigenvalue weighted by molar-refractivity contribution is 9.10. The molecule has 2 aromatic rings. The quantitative estimate of drug-likeness (QED) is 0.838. The van der Waals surface area contributed by atoms with Crippen molar-refractivity contribution in [2.75, 3.05) is 16.2 Å². The Labute approximate surface area is 149 Å². The van der Waals surface area contributed by atoms with Gasteiger partial charge in [0.2, 0.25) is 5.91 Å². The Morgan fingerprint density at radius 3 is 2.54 bits per heavy atom. The van der Waals surface area contributed by atoms with Gasteiger partial charge in [0.15, 0.2) is 0 Å². The molecular formula is C17H17BrN2O3S. The molecule has 3 rings (SSSR count). The predicted octanol–water partition coefficient (Wildman–Crippen LogP) is 3.69. The molecule has 1 N–H and O–H groups in total. The number of anilines is 2. The molecule has 0 spiro atoms. The van der Waals surface area contributed by atoms with Gasteiger partial charge in [-0.05, 0) is 65.2 Å². The van der Waals surface area contributed by atoms with Gasteiger partial charge >= 0.3 is 0 Å². The summed E-state index contributed by atoms with van der Waals surface area (Å²) < 4.78 is 28.1. The van der Waals surface area contributed by atoms with Crippen LogP contribution >= 0.6 is 15.9 Å². The standard InChI is InChI=1S/C17H17BrN2O3S/c1-12-11-13(8-9-15(12)20-10-4-7-17(20)21)19-24(22,23)16-6-3-2-5-14(16)18/h2-3,5-6,8-9,11,19H,4,7,10H2,1H3. The minimum absolute atomic E-state index is 0.111. The Bertz CT molecular complexity index is 896. The van der Waals surface area contributed by atoms with E-state index < -0.39 is 10.0 Å². The van der Waals surface area contributed by atoms with E-state index in [1.807, 2.05) is 6.92 Å². The van der Waals surface area contributed by atoms with Crippen LogP contribution < -0.4 is 9.62 Å². The number of benzene rings is 2. The zero-order valence-electron chi connectivity index (χ0n) is 13.1. The molecule has 1 heterocycles. The molecule has 0 radical (unpaired) electrons. The first kappa shape index (κ1) is 17.0. The number of aryl methyl sites for hydroxylation is 1. The third-order valence-electron chi connectivity index (χ3n) is 3.94. The van der Waals surface area contributed by atoms with Crippen molar-refractivity contribution in [1.29, 1.82) is 0 Å². The van der Waals surface area contributed by atoms with Crippen LogP contribution in [-0.4, -0.2) is 20.9 Å². The van der Waals surface area contributed by atoms with Crippen LogP contribution in [0.3, 0.4) is 0 Å². The SMILES string of the molecule is Cc1cc(NS(=O)(=O)c2ccccc2Br)ccc1N1CCCC1=O. The molecule has 0 aliphatic carbocycles. The average Bonchev–Trinajstić information content (AvgIpc) is 2.93. The molecule has 1 aliphatic heterocycles. The van der Waals surface area contributed by atoms with Gasteiger partial charge in [-0.25, -0.2) is 8.42 Å². The van der Waals surface area contributed by atoms with Gasteiger partial charge in [0.05, 0.1) is 0 Å². The maximum absolute atomic E-state index is 12.5. The average molecular weight is 409 g/mol. The first-order valence-corrected chi connectivity index (χ1v) is 9.84. The zero-order valence-corrected chi connectivity index (χ0v) is 15.5. The van der Waals surface area contributed by atoms with Crippen molar-refractivity contribution in [3.05, 3.63) is 52.5 Å². The van der Waals surface area contributed by atoms with Crippen LogP contribution in [0.5, 0.6) is 0 Å². The van der Waals surface area contributed by atoms with Crippen LogP contribution in [0.25, 0.3) is 0 Å². The van der Waals surface area contributed by atoms with Gasteiger partial charge in [-0.15, -0.1) is 0 Å². The highest BCUT2D eigenvalue weighted by Crippen LogP contribution is 2.29.